The van der Waals surface area contributed by atoms with Crippen LogP contribution in [0.1, 0.15) is 45.1 Å². The van der Waals surface area contributed by atoms with Gasteiger partial charge in [0.25, 0.3) is 0 Å². The van der Waals surface area contributed by atoms with Crippen molar-refractivity contribution >= 4 is 34.7 Å². The molecule has 0 spiro atoms. The fourth-order valence-electron chi connectivity index (χ4n) is 4.76. The van der Waals surface area contributed by atoms with Crippen LogP contribution in [-0.2, 0) is 4.79 Å². The molecule has 1 amide bonds. The van der Waals surface area contributed by atoms with E-state index in [2.05, 4.69) is 20.6 Å². The number of benzene rings is 1. The Hall–Kier alpha value is -3.34. The van der Waals surface area contributed by atoms with Crippen LogP contribution in [0.15, 0.2) is 24.4 Å². The van der Waals surface area contributed by atoms with Gasteiger partial charge in [-0.15, -0.1) is 0 Å². The number of amides is 1. The summed E-state index contributed by atoms with van der Waals surface area (Å²) in [6, 6.07) is 3.64. The van der Waals surface area contributed by atoms with Crippen LogP contribution in [0.3, 0.4) is 0 Å². The Morgan fingerprint density at radius 1 is 1.12 bits per heavy atom. The number of hydrogen-bond acceptors (Lipinski definition) is 7. The number of likely N-dealkylation sites (tertiary alicyclic amines) is 1. The summed E-state index contributed by atoms with van der Waals surface area (Å²) in [5.41, 5.74) is 0.695. The summed E-state index contributed by atoms with van der Waals surface area (Å²) in [4.78, 5) is 27.3. The molecule has 9 nitrogen and oxygen atoms in total. The standard InChI is InChI=1S/C23H27F2N7O2/c1-13(33)31-10-9-15(12-31)32-21-19(28-23(32)29-20-17(24)3-2-4-18(20)25)11-26-22(30-21)27-14-5-7-16(34)8-6-14/h2-4,11,14-16,34H,5-10,12H2,1H3,(H,28,29)(H,26,27,30)/t14-,15-,16-/m0/s1. The first-order valence-corrected chi connectivity index (χ1v) is 11.5. The summed E-state index contributed by atoms with van der Waals surface area (Å²) >= 11 is 0. The van der Waals surface area contributed by atoms with Crippen molar-refractivity contribution in [2.75, 3.05) is 23.7 Å². The van der Waals surface area contributed by atoms with Gasteiger partial charge in [0, 0.05) is 26.1 Å². The Labute approximate surface area is 195 Å². The van der Waals surface area contributed by atoms with E-state index < -0.39 is 11.6 Å². The van der Waals surface area contributed by atoms with E-state index >= 15 is 0 Å². The Morgan fingerprint density at radius 3 is 2.53 bits per heavy atom. The molecule has 1 saturated heterocycles. The van der Waals surface area contributed by atoms with Crippen LogP contribution in [0.4, 0.5) is 26.4 Å². The summed E-state index contributed by atoms with van der Waals surface area (Å²) in [6.45, 7) is 2.55. The first-order valence-electron chi connectivity index (χ1n) is 11.5. The number of rotatable bonds is 5. The first kappa shape index (κ1) is 22.5. The maximum atomic E-state index is 14.4. The maximum absolute atomic E-state index is 14.4. The number of aliphatic hydroxyl groups is 1. The molecule has 180 valence electrons. The molecule has 3 N–H and O–H groups in total. The number of fused-ring (bicyclic) bond motifs is 1. The van der Waals surface area contributed by atoms with Crippen molar-refractivity contribution in [3.8, 4) is 0 Å². The number of nitrogens with zero attached hydrogens (tertiary/aromatic N) is 5. The summed E-state index contributed by atoms with van der Waals surface area (Å²) in [6.07, 6.45) is 5.06. The van der Waals surface area contributed by atoms with E-state index in [4.69, 9.17) is 4.98 Å². The number of hydrogen-bond donors (Lipinski definition) is 3. The van der Waals surface area contributed by atoms with E-state index in [0.717, 1.165) is 25.7 Å². The average molecular weight is 472 g/mol. The Bertz CT molecular complexity index is 1190. The number of carbonyl (C=O) groups excluding carboxylic acids is 1. The Balaban J connectivity index is 1.52. The highest BCUT2D eigenvalue weighted by molar-refractivity contribution is 5.77. The van der Waals surface area contributed by atoms with E-state index in [1.165, 1.54) is 25.1 Å². The highest BCUT2D eigenvalue weighted by Crippen LogP contribution is 2.33. The minimum Gasteiger partial charge on any atom is -0.393 e. The molecule has 2 fully saturated rings. The van der Waals surface area contributed by atoms with Crippen molar-refractivity contribution in [1.82, 2.24) is 24.4 Å². The van der Waals surface area contributed by atoms with Crippen molar-refractivity contribution in [3.05, 3.63) is 36.0 Å². The first-order chi connectivity index (χ1) is 16.4. The second-order valence-electron chi connectivity index (χ2n) is 8.99. The molecule has 3 heterocycles. The fourth-order valence-corrected chi connectivity index (χ4v) is 4.76. The van der Waals surface area contributed by atoms with Crippen LogP contribution < -0.4 is 10.6 Å². The molecule has 0 bridgehead atoms. The number of anilines is 3. The van der Waals surface area contributed by atoms with Gasteiger partial charge in [0.15, 0.2) is 5.65 Å². The van der Waals surface area contributed by atoms with Crippen LogP contribution in [-0.4, -0.2) is 60.7 Å². The van der Waals surface area contributed by atoms with E-state index in [1.807, 2.05) is 4.57 Å². The monoisotopic (exact) mass is 471 g/mol. The largest absolute Gasteiger partial charge is 0.393 e. The third-order valence-electron chi connectivity index (χ3n) is 6.64. The van der Waals surface area contributed by atoms with Crippen LogP contribution in [0.5, 0.6) is 0 Å². The van der Waals surface area contributed by atoms with Gasteiger partial charge in [0.1, 0.15) is 22.8 Å². The van der Waals surface area contributed by atoms with E-state index in [1.54, 1.807) is 11.1 Å². The third-order valence-corrected chi connectivity index (χ3v) is 6.64. The number of para-hydroxylation sites is 1. The number of halogens is 2. The smallest absolute Gasteiger partial charge is 0.224 e. The number of aliphatic hydroxyl groups excluding tert-OH is 1. The minimum atomic E-state index is -0.733. The summed E-state index contributed by atoms with van der Waals surface area (Å²) in [5, 5.41) is 15.9. The van der Waals surface area contributed by atoms with Crippen LogP contribution >= 0.6 is 0 Å². The lowest BCUT2D eigenvalue weighted by Crippen LogP contribution is -2.29. The van der Waals surface area contributed by atoms with Gasteiger partial charge in [0.2, 0.25) is 17.8 Å². The predicted octanol–water partition coefficient (Wildman–Crippen LogP) is 3.36. The number of nitrogens with one attached hydrogen (secondary N) is 2. The number of carbonyl (C=O) groups is 1. The van der Waals surface area contributed by atoms with Gasteiger partial charge in [-0.1, -0.05) is 6.07 Å². The van der Waals surface area contributed by atoms with Gasteiger partial charge in [-0.05, 0) is 44.2 Å². The molecule has 3 aromatic rings. The molecular weight excluding hydrogens is 444 g/mol. The molecule has 2 aromatic heterocycles. The van der Waals surface area contributed by atoms with Gasteiger partial charge in [-0.3, -0.25) is 9.36 Å². The lowest BCUT2D eigenvalue weighted by atomic mass is 9.93. The normalized spacial score (nSPS) is 22.8. The zero-order valence-electron chi connectivity index (χ0n) is 18.8. The zero-order chi connectivity index (χ0) is 23.8. The summed E-state index contributed by atoms with van der Waals surface area (Å²) in [7, 11) is 0. The Kier molecular flexibility index (Phi) is 6.03. The summed E-state index contributed by atoms with van der Waals surface area (Å²) in [5.74, 6) is -0.827. The van der Waals surface area contributed by atoms with Crippen molar-refractivity contribution in [2.24, 2.45) is 0 Å². The molecule has 1 aromatic carbocycles. The lowest BCUT2D eigenvalue weighted by molar-refractivity contribution is -0.127. The highest BCUT2D eigenvalue weighted by Gasteiger charge is 2.30. The predicted molar refractivity (Wildman–Crippen MR) is 123 cm³/mol. The molecule has 1 saturated carbocycles. The fraction of sp³-hybridized carbons (Fsp3) is 0.478. The Morgan fingerprint density at radius 2 is 1.85 bits per heavy atom. The molecule has 1 aliphatic carbocycles. The summed E-state index contributed by atoms with van der Waals surface area (Å²) < 4.78 is 30.6. The second-order valence-corrected chi connectivity index (χ2v) is 8.99. The molecule has 1 atom stereocenters. The average Bonchev–Trinajstić information content (AvgIpc) is 3.42. The van der Waals surface area contributed by atoms with E-state index in [0.29, 0.717) is 36.6 Å². The zero-order valence-corrected chi connectivity index (χ0v) is 18.8. The number of imidazole rings is 1. The lowest BCUT2D eigenvalue weighted by Gasteiger charge is -2.26. The van der Waals surface area contributed by atoms with Gasteiger partial charge < -0.3 is 20.6 Å². The van der Waals surface area contributed by atoms with Crippen molar-refractivity contribution in [3.63, 3.8) is 0 Å². The second kappa shape index (κ2) is 9.13. The molecule has 1 aliphatic heterocycles. The molecule has 2 aliphatic rings. The molecule has 0 unspecified atom stereocenters. The van der Waals surface area contributed by atoms with E-state index in [-0.39, 0.29) is 35.7 Å². The molecular formula is C23H27F2N7O2. The molecule has 5 rings (SSSR count). The highest BCUT2D eigenvalue weighted by atomic mass is 19.1. The molecule has 0 radical (unpaired) electrons. The van der Waals surface area contributed by atoms with Gasteiger partial charge in [-0.25, -0.2) is 18.7 Å². The van der Waals surface area contributed by atoms with Crippen molar-refractivity contribution in [2.45, 2.75) is 57.2 Å². The van der Waals surface area contributed by atoms with Gasteiger partial charge in [0.05, 0.1) is 18.3 Å². The molecule has 11 heteroatoms. The van der Waals surface area contributed by atoms with Gasteiger partial charge >= 0.3 is 0 Å². The van der Waals surface area contributed by atoms with Crippen LogP contribution in [0.25, 0.3) is 11.2 Å². The van der Waals surface area contributed by atoms with Crippen LogP contribution in [0, 0.1) is 11.6 Å². The number of aromatic nitrogens is 4. The van der Waals surface area contributed by atoms with Crippen LogP contribution in [0.2, 0.25) is 0 Å². The van der Waals surface area contributed by atoms with E-state index in [9.17, 15) is 18.7 Å². The minimum absolute atomic E-state index is 0.0296. The van der Waals surface area contributed by atoms with Crippen molar-refractivity contribution in [1.29, 1.82) is 0 Å². The molecule has 34 heavy (non-hydrogen) atoms. The van der Waals surface area contributed by atoms with Gasteiger partial charge in [-0.2, -0.15) is 4.98 Å². The topological polar surface area (TPSA) is 108 Å². The third kappa shape index (κ3) is 4.39. The van der Waals surface area contributed by atoms with Crippen molar-refractivity contribution < 1.29 is 18.7 Å². The maximum Gasteiger partial charge on any atom is 0.224 e. The SMILES string of the molecule is CC(=O)N1CC[C@H](n2c(Nc3c(F)cccc3F)nc3cnc(N[C@H]4CC[C@H](O)CC4)nc32)C1. The quantitative estimate of drug-likeness (QED) is 0.524.